The number of hydrogen-bond donors (Lipinski definition) is 3. The van der Waals surface area contributed by atoms with Gasteiger partial charge in [0.25, 0.3) is 0 Å². The van der Waals surface area contributed by atoms with Crippen molar-refractivity contribution in [2.75, 3.05) is 23.2 Å². The predicted molar refractivity (Wildman–Crippen MR) is 104 cm³/mol. The fraction of sp³-hybridized carbons (Fsp3) is 0.0500. The zero-order chi connectivity index (χ0) is 19.3. The molecular weight excluding hydrogens is 358 g/mol. The average Bonchev–Trinajstić information content (AvgIpc) is 3.15. The van der Waals surface area contributed by atoms with Crippen molar-refractivity contribution < 1.29 is 14.3 Å². The molecule has 1 aliphatic rings. The second kappa shape index (κ2) is 7.55. The summed E-state index contributed by atoms with van der Waals surface area (Å²) in [5, 5.41) is 5.53. The van der Waals surface area contributed by atoms with Crippen LogP contribution in [0.1, 0.15) is 11.1 Å². The first-order valence-electron chi connectivity index (χ1n) is 8.33. The van der Waals surface area contributed by atoms with E-state index in [2.05, 4.69) is 32.4 Å². The van der Waals surface area contributed by atoms with Gasteiger partial charge in [0.2, 0.25) is 12.7 Å². The van der Waals surface area contributed by atoms with Crippen LogP contribution >= 0.6 is 0 Å². The molecule has 2 aromatic carbocycles. The first kappa shape index (κ1) is 17.2. The van der Waals surface area contributed by atoms with Gasteiger partial charge in [-0.05, 0) is 30.3 Å². The molecule has 0 atom stereocenters. The third kappa shape index (κ3) is 4.11. The van der Waals surface area contributed by atoms with Crippen molar-refractivity contribution in [1.82, 2.24) is 9.97 Å². The Labute approximate surface area is 160 Å². The van der Waals surface area contributed by atoms with Crippen LogP contribution in [0.2, 0.25) is 0 Å². The molecule has 0 saturated carbocycles. The molecule has 4 rings (SSSR count). The van der Waals surface area contributed by atoms with Gasteiger partial charge in [-0.1, -0.05) is 17.9 Å². The summed E-state index contributed by atoms with van der Waals surface area (Å²) in [6.07, 6.45) is 3.10. The maximum Gasteiger partial charge on any atom is 0.323 e. The summed E-state index contributed by atoms with van der Waals surface area (Å²) in [4.78, 5) is 20.0. The lowest BCUT2D eigenvalue weighted by Gasteiger charge is -2.08. The van der Waals surface area contributed by atoms with Gasteiger partial charge in [-0.25, -0.2) is 14.8 Å². The van der Waals surface area contributed by atoms with E-state index >= 15 is 0 Å². The van der Waals surface area contributed by atoms with Crippen LogP contribution in [-0.2, 0) is 0 Å². The molecule has 8 heteroatoms. The normalized spacial score (nSPS) is 11.3. The highest BCUT2D eigenvalue weighted by atomic mass is 16.7. The van der Waals surface area contributed by atoms with E-state index in [-0.39, 0.29) is 18.8 Å². The molecule has 3 aromatic rings. The van der Waals surface area contributed by atoms with Crippen molar-refractivity contribution in [3.63, 3.8) is 0 Å². The van der Waals surface area contributed by atoms with Crippen molar-refractivity contribution in [2.45, 2.75) is 0 Å². The van der Waals surface area contributed by atoms with E-state index in [1.54, 1.807) is 48.8 Å². The zero-order valence-corrected chi connectivity index (χ0v) is 14.6. The lowest BCUT2D eigenvalue weighted by atomic mass is 10.2. The van der Waals surface area contributed by atoms with E-state index in [1.807, 2.05) is 6.07 Å². The second-order valence-corrected chi connectivity index (χ2v) is 5.81. The molecule has 0 spiro atoms. The van der Waals surface area contributed by atoms with E-state index in [4.69, 9.17) is 15.2 Å². The summed E-state index contributed by atoms with van der Waals surface area (Å²) in [7, 11) is 0. The summed E-state index contributed by atoms with van der Waals surface area (Å²) >= 11 is 0. The number of aromatic nitrogens is 2. The number of carbonyl (C=O) groups excluding carboxylic acids is 1. The molecule has 28 heavy (non-hydrogen) atoms. The minimum atomic E-state index is -0.379. The number of benzene rings is 2. The van der Waals surface area contributed by atoms with Gasteiger partial charge in [0.05, 0.1) is 5.56 Å². The fourth-order valence-electron chi connectivity index (χ4n) is 2.49. The fourth-order valence-corrected chi connectivity index (χ4v) is 2.49. The first-order valence-corrected chi connectivity index (χ1v) is 8.33. The highest BCUT2D eigenvalue weighted by molar-refractivity contribution is 6.00. The third-order valence-electron chi connectivity index (χ3n) is 3.77. The number of urea groups is 1. The van der Waals surface area contributed by atoms with Crippen LogP contribution in [0.15, 0.2) is 54.9 Å². The number of nitrogens with zero attached hydrogens (tertiary/aromatic N) is 2. The first-order chi connectivity index (χ1) is 13.7. The molecule has 0 bridgehead atoms. The smallest absolute Gasteiger partial charge is 0.323 e. The summed E-state index contributed by atoms with van der Waals surface area (Å²) < 4.78 is 10.6. The zero-order valence-electron chi connectivity index (χ0n) is 14.6. The van der Waals surface area contributed by atoms with Crippen LogP contribution in [0.4, 0.5) is 22.1 Å². The monoisotopic (exact) mass is 373 g/mol. The minimum Gasteiger partial charge on any atom is -0.454 e. The Morgan fingerprint density at radius 3 is 2.46 bits per heavy atom. The average molecular weight is 373 g/mol. The van der Waals surface area contributed by atoms with E-state index in [0.717, 1.165) is 5.56 Å². The van der Waals surface area contributed by atoms with Gasteiger partial charge in [-0.3, -0.25) is 0 Å². The molecule has 0 fully saturated rings. The van der Waals surface area contributed by atoms with Gasteiger partial charge in [0.1, 0.15) is 0 Å². The molecule has 1 aromatic heterocycles. The number of nitrogens with one attached hydrogen (secondary N) is 2. The molecule has 138 valence electrons. The molecular formula is C20H15N5O3. The van der Waals surface area contributed by atoms with E-state index < -0.39 is 0 Å². The molecule has 0 saturated heterocycles. The Morgan fingerprint density at radius 2 is 1.64 bits per heavy atom. The predicted octanol–water partition coefficient (Wildman–Crippen LogP) is 2.83. The number of carbonyl (C=O) groups is 1. The molecule has 0 aliphatic carbocycles. The number of rotatable bonds is 2. The molecule has 2 amide bonds. The Bertz CT molecular complexity index is 1090. The van der Waals surface area contributed by atoms with E-state index in [9.17, 15) is 4.79 Å². The maximum atomic E-state index is 12.2. The number of anilines is 3. The molecule has 1 aliphatic heterocycles. The quantitative estimate of drug-likeness (QED) is 0.596. The van der Waals surface area contributed by atoms with Crippen LogP contribution in [0.5, 0.6) is 11.5 Å². The Morgan fingerprint density at radius 1 is 0.929 bits per heavy atom. The van der Waals surface area contributed by atoms with Gasteiger partial charge in [-0.2, -0.15) is 0 Å². The van der Waals surface area contributed by atoms with Crippen LogP contribution in [-0.4, -0.2) is 22.8 Å². The molecule has 0 unspecified atom stereocenters. The van der Waals surface area contributed by atoms with Crippen LogP contribution in [0.3, 0.4) is 0 Å². The number of hydrogen-bond acceptors (Lipinski definition) is 6. The lowest BCUT2D eigenvalue weighted by Crippen LogP contribution is -2.19. The number of nitrogen functional groups attached to an aromatic ring is 1. The molecule has 8 nitrogen and oxygen atoms in total. The van der Waals surface area contributed by atoms with E-state index in [1.165, 1.54) is 0 Å². The van der Waals surface area contributed by atoms with Crippen molar-refractivity contribution in [1.29, 1.82) is 0 Å². The Balaban J connectivity index is 1.42. The third-order valence-corrected chi connectivity index (χ3v) is 3.77. The molecule has 2 heterocycles. The minimum absolute atomic E-state index is 0.182. The topological polar surface area (TPSA) is 111 Å². The summed E-state index contributed by atoms with van der Waals surface area (Å²) in [6, 6.07) is 12.0. The number of amides is 2. The van der Waals surface area contributed by atoms with Crippen LogP contribution < -0.4 is 25.8 Å². The van der Waals surface area contributed by atoms with Gasteiger partial charge in [0.15, 0.2) is 11.5 Å². The van der Waals surface area contributed by atoms with Crippen LogP contribution in [0, 0.1) is 11.8 Å². The number of ether oxygens (including phenoxy) is 2. The maximum absolute atomic E-state index is 12.2. The van der Waals surface area contributed by atoms with E-state index in [0.29, 0.717) is 28.4 Å². The second-order valence-electron chi connectivity index (χ2n) is 5.81. The highest BCUT2D eigenvalue weighted by Gasteiger charge is 2.14. The standard InChI is InChI=1S/C20H15N5O3/c21-19-22-10-14(11-23-19)5-4-13-2-1-3-15(8-13)24-20(26)25-16-6-7-17-18(9-16)28-12-27-17/h1-3,6-11H,12H2,(H2,21,22,23)(H2,24,25,26). The van der Waals surface area contributed by atoms with Gasteiger partial charge in [-0.15, -0.1) is 0 Å². The SMILES string of the molecule is Nc1ncc(C#Cc2cccc(NC(=O)Nc3ccc4c(c3)OCO4)c2)cn1. The summed E-state index contributed by atoms with van der Waals surface area (Å²) in [6.45, 7) is 0.182. The number of nitrogens with two attached hydrogens (primary N) is 1. The van der Waals surface area contributed by atoms with Crippen LogP contribution in [0.25, 0.3) is 0 Å². The Hall–Kier alpha value is -4.25. The molecule has 4 N–H and O–H groups in total. The van der Waals surface area contributed by atoms with Crippen molar-refractivity contribution in [3.8, 4) is 23.3 Å². The van der Waals surface area contributed by atoms with Crippen molar-refractivity contribution in [2.24, 2.45) is 0 Å². The van der Waals surface area contributed by atoms with Crippen molar-refractivity contribution >= 4 is 23.4 Å². The largest absolute Gasteiger partial charge is 0.454 e. The van der Waals surface area contributed by atoms with Gasteiger partial charge in [0, 0.05) is 35.4 Å². The highest BCUT2D eigenvalue weighted by Crippen LogP contribution is 2.34. The van der Waals surface area contributed by atoms with Gasteiger partial charge < -0.3 is 25.8 Å². The van der Waals surface area contributed by atoms with Gasteiger partial charge >= 0.3 is 6.03 Å². The lowest BCUT2D eigenvalue weighted by molar-refractivity contribution is 0.174. The summed E-state index contributed by atoms with van der Waals surface area (Å²) in [5.41, 5.74) is 8.04. The number of fused-ring (bicyclic) bond motifs is 1. The molecule has 0 radical (unpaired) electrons. The Kier molecular flexibility index (Phi) is 4.63. The van der Waals surface area contributed by atoms with Crippen molar-refractivity contribution in [3.05, 3.63) is 66.0 Å². The summed E-state index contributed by atoms with van der Waals surface area (Å²) in [5.74, 6) is 7.40.